The zero-order valence-corrected chi connectivity index (χ0v) is 17.2. The molecule has 3 aromatic rings. The van der Waals surface area contributed by atoms with E-state index in [4.69, 9.17) is 16.6 Å². The number of fused-ring (bicyclic) bond motifs is 2. The largest absolute Gasteiger partial charge is 0.338 e. The highest BCUT2D eigenvalue weighted by Gasteiger charge is 2.36. The Balaban J connectivity index is 1.82. The van der Waals surface area contributed by atoms with Crippen molar-refractivity contribution in [1.29, 1.82) is 0 Å². The number of carbonyl (C=O) groups excluding carboxylic acids is 1. The first-order valence-corrected chi connectivity index (χ1v) is 10.2. The molecule has 2 aromatic carbocycles. The molecule has 2 unspecified atom stereocenters. The molecule has 6 nitrogen and oxygen atoms in total. The third-order valence-corrected chi connectivity index (χ3v) is 5.70. The summed E-state index contributed by atoms with van der Waals surface area (Å²) < 4.78 is 1.69. The minimum Gasteiger partial charge on any atom is -0.338 e. The summed E-state index contributed by atoms with van der Waals surface area (Å²) in [6, 6.07) is 14.4. The van der Waals surface area contributed by atoms with Gasteiger partial charge in [-0.2, -0.15) is 0 Å². The summed E-state index contributed by atoms with van der Waals surface area (Å²) >= 11 is 6.12. The van der Waals surface area contributed by atoms with Crippen molar-refractivity contribution in [3.63, 3.8) is 0 Å². The minimum absolute atomic E-state index is 0.0904. The van der Waals surface area contributed by atoms with Gasteiger partial charge in [0.15, 0.2) is 0 Å². The number of carbonyl (C=O) groups is 1. The van der Waals surface area contributed by atoms with Crippen LogP contribution in [0.15, 0.2) is 53.3 Å². The van der Waals surface area contributed by atoms with E-state index in [0.717, 1.165) is 5.56 Å². The molecule has 2 heterocycles. The zero-order chi connectivity index (χ0) is 20.5. The van der Waals surface area contributed by atoms with Crippen molar-refractivity contribution in [3.05, 3.63) is 75.3 Å². The summed E-state index contributed by atoms with van der Waals surface area (Å²) in [6.07, 6.45) is 0.639. The van der Waals surface area contributed by atoms with E-state index in [0.29, 0.717) is 41.3 Å². The zero-order valence-electron chi connectivity index (χ0n) is 16.4. The molecular formula is C22H23ClN4O2. The maximum absolute atomic E-state index is 13.0. The number of nitrogens with zero attached hydrogens (tertiary/aromatic N) is 3. The van der Waals surface area contributed by atoms with Gasteiger partial charge in [-0.25, -0.2) is 9.78 Å². The van der Waals surface area contributed by atoms with Crippen LogP contribution in [-0.4, -0.2) is 27.0 Å². The van der Waals surface area contributed by atoms with Crippen LogP contribution < -0.4 is 10.9 Å². The van der Waals surface area contributed by atoms with Gasteiger partial charge >= 0.3 is 6.03 Å². The van der Waals surface area contributed by atoms with Gasteiger partial charge in [-0.3, -0.25) is 9.36 Å². The van der Waals surface area contributed by atoms with Gasteiger partial charge in [-0.15, -0.1) is 0 Å². The highest BCUT2D eigenvalue weighted by Crippen LogP contribution is 2.36. The number of hydrogen-bond donors (Lipinski definition) is 1. The van der Waals surface area contributed by atoms with Crippen LogP contribution in [0.5, 0.6) is 0 Å². The highest BCUT2D eigenvalue weighted by atomic mass is 35.5. The molecule has 1 N–H and O–H groups in total. The molecule has 1 aromatic heterocycles. The van der Waals surface area contributed by atoms with E-state index >= 15 is 0 Å². The van der Waals surface area contributed by atoms with E-state index in [1.165, 1.54) is 0 Å². The number of amides is 2. The van der Waals surface area contributed by atoms with Crippen molar-refractivity contribution < 1.29 is 4.79 Å². The smallest absolute Gasteiger partial charge is 0.318 e. The van der Waals surface area contributed by atoms with Crippen molar-refractivity contribution in [3.8, 4) is 0 Å². The quantitative estimate of drug-likeness (QED) is 0.697. The van der Waals surface area contributed by atoms with Gasteiger partial charge in [0.2, 0.25) is 0 Å². The van der Waals surface area contributed by atoms with Gasteiger partial charge < -0.3 is 10.2 Å². The van der Waals surface area contributed by atoms with E-state index in [-0.39, 0.29) is 23.7 Å². The maximum atomic E-state index is 13.0. The van der Waals surface area contributed by atoms with Crippen molar-refractivity contribution in [2.45, 2.75) is 38.9 Å². The van der Waals surface area contributed by atoms with Crippen LogP contribution in [0.25, 0.3) is 10.9 Å². The number of urea groups is 1. The van der Waals surface area contributed by atoms with Crippen LogP contribution in [0.4, 0.5) is 4.79 Å². The Labute approximate surface area is 174 Å². The maximum Gasteiger partial charge on any atom is 0.318 e. The molecule has 0 radical (unpaired) electrons. The van der Waals surface area contributed by atoms with Gasteiger partial charge in [-0.1, -0.05) is 41.9 Å². The number of halogens is 1. The summed E-state index contributed by atoms with van der Waals surface area (Å²) in [4.78, 5) is 32.6. The van der Waals surface area contributed by atoms with Crippen LogP contribution in [0, 0.1) is 0 Å². The Morgan fingerprint density at radius 2 is 2.07 bits per heavy atom. The van der Waals surface area contributed by atoms with E-state index in [1.807, 2.05) is 44.2 Å². The number of aromatic nitrogens is 2. The molecule has 0 saturated heterocycles. The number of hydrogen-bond acceptors (Lipinski definition) is 3. The normalized spacial score (nSPS) is 16.4. The van der Waals surface area contributed by atoms with E-state index in [1.54, 1.807) is 27.7 Å². The van der Waals surface area contributed by atoms with Crippen LogP contribution in [0.2, 0.25) is 5.02 Å². The lowest BCUT2D eigenvalue weighted by Crippen LogP contribution is -2.43. The molecule has 0 spiro atoms. The molecule has 0 fully saturated rings. The SMILES string of the molecule is CCNC(=O)N(C(C)c1ccccc1)C1CCn2c1nc1cc(Cl)ccc1c2=O. The molecule has 2 atom stereocenters. The van der Waals surface area contributed by atoms with Gasteiger partial charge in [-0.05, 0) is 44.0 Å². The lowest BCUT2D eigenvalue weighted by molar-refractivity contribution is 0.147. The Morgan fingerprint density at radius 1 is 1.31 bits per heavy atom. The molecule has 0 saturated carbocycles. The standard InChI is InChI=1S/C22H23ClN4O2/c1-3-24-22(29)27(14(2)15-7-5-4-6-8-15)19-11-12-26-20(19)25-18-13-16(23)9-10-17(18)21(26)28/h4-10,13-14,19H,3,11-12H2,1-2H3,(H,24,29). The van der Waals surface area contributed by atoms with Crippen molar-refractivity contribution in [2.24, 2.45) is 0 Å². The molecule has 150 valence electrons. The summed E-state index contributed by atoms with van der Waals surface area (Å²) in [7, 11) is 0. The summed E-state index contributed by atoms with van der Waals surface area (Å²) in [6.45, 7) is 4.95. The topological polar surface area (TPSA) is 67.2 Å². The fourth-order valence-corrected chi connectivity index (χ4v) is 4.21. The average Bonchev–Trinajstić information content (AvgIpc) is 3.12. The van der Waals surface area contributed by atoms with Crippen LogP contribution >= 0.6 is 11.6 Å². The average molecular weight is 411 g/mol. The van der Waals surface area contributed by atoms with Crippen molar-refractivity contribution in [2.75, 3.05) is 6.54 Å². The Kier molecular flexibility index (Phi) is 5.28. The Morgan fingerprint density at radius 3 is 2.79 bits per heavy atom. The molecule has 2 amide bonds. The fourth-order valence-electron chi connectivity index (χ4n) is 4.05. The second-order valence-electron chi connectivity index (χ2n) is 7.22. The van der Waals surface area contributed by atoms with E-state index in [9.17, 15) is 9.59 Å². The summed E-state index contributed by atoms with van der Waals surface area (Å²) in [5, 5.41) is 3.99. The van der Waals surface area contributed by atoms with Gasteiger partial charge in [0.25, 0.3) is 5.56 Å². The van der Waals surface area contributed by atoms with Gasteiger partial charge in [0.05, 0.1) is 23.0 Å². The Hall–Kier alpha value is -2.86. The molecule has 0 aliphatic carbocycles. The summed E-state index contributed by atoms with van der Waals surface area (Å²) in [5.74, 6) is 0.610. The van der Waals surface area contributed by atoms with E-state index in [2.05, 4.69) is 5.32 Å². The molecule has 29 heavy (non-hydrogen) atoms. The lowest BCUT2D eigenvalue weighted by atomic mass is 10.0. The molecule has 1 aliphatic rings. The second-order valence-corrected chi connectivity index (χ2v) is 7.66. The first-order valence-electron chi connectivity index (χ1n) is 9.82. The molecule has 4 rings (SSSR count). The number of nitrogens with one attached hydrogen (secondary N) is 1. The minimum atomic E-state index is -0.298. The van der Waals surface area contributed by atoms with Crippen molar-refractivity contribution >= 4 is 28.5 Å². The highest BCUT2D eigenvalue weighted by molar-refractivity contribution is 6.31. The molecule has 0 bridgehead atoms. The van der Waals surface area contributed by atoms with Gasteiger partial charge in [0, 0.05) is 18.1 Å². The van der Waals surface area contributed by atoms with Crippen LogP contribution in [0.1, 0.15) is 43.7 Å². The first kappa shape index (κ1) is 19.5. The number of rotatable bonds is 4. The second kappa shape index (κ2) is 7.87. The first-order chi connectivity index (χ1) is 14.0. The fraction of sp³-hybridized carbons (Fsp3) is 0.318. The van der Waals surface area contributed by atoms with Crippen LogP contribution in [-0.2, 0) is 6.54 Å². The van der Waals surface area contributed by atoms with E-state index < -0.39 is 0 Å². The third kappa shape index (κ3) is 3.49. The Bertz CT molecular complexity index is 1110. The lowest BCUT2D eigenvalue weighted by Gasteiger charge is -2.34. The number of benzene rings is 2. The molecule has 7 heteroatoms. The monoisotopic (exact) mass is 410 g/mol. The predicted octanol–water partition coefficient (Wildman–Crippen LogP) is 4.29. The predicted molar refractivity (Wildman–Crippen MR) is 114 cm³/mol. The van der Waals surface area contributed by atoms with Crippen molar-refractivity contribution in [1.82, 2.24) is 19.8 Å². The third-order valence-electron chi connectivity index (χ3n) is 5.47. The van der Waals surface area contributed by atoms with Crippen LogP contribution in [0.3, 0.4) is 0 Å². The van der Waals surface area contributed by atoms with Gasteiger partial charge in [0.1, 0.15) is 5.82 Å². The molecular weight excluding hydrogens is 388 g/mol. The summed E-state index contributed by atoms with van der Waals surface area (Å²) in [5.41, 5.74) is 1.50. The molecule has 1 aliphatic heterocycles.